The molecule has 0 spiro atoms. The molecule has 1 aromatic carbocycles. The summed E-state index contributed by atoms with van der Waals surface area (Å²) < 4.78 is 5.49. The van der Waals surface area contributed by atoms with Crippen molar-refractivity contribution in [1.29, 1.82) is 0 Å². The zero-order chi connectivity index (χ0) is 13.2. The van der Waals surface area contributed by atoms with Crippen LogP contribution in [0.2, 0.25) is 0 Å². The molecule has 0 aliphatic rings. The number of hydrogen-bond donors (Lipinski definition) is 2. The molecule has 0 fully saturated rings. The Morgan fingerprint density at radius 2 is 2.21 bits per heavy atom. The summed E-state index contributed by atoms with van der Waals surface area (Å²) in [5.41, 5.74) is 8.19. The van der Waals surface area contributed by atoms with Crippen LogP contribution in [0, 0.1) is 0 Å². The largest absolute Gasteiger partial charge is 0.494 e. The summed E-state index contributed by atoms with van der Waals surface area (Å²) in [6.07, 6.45) is 1.40. The van der Waals surface area contributed by atoms with Crippen molar-refractivity contribution in [2.24, 2.45) is 0 Å². The van der Waals surface area contributed by atoms with Gasteiger partial charge in [-0.3, -0.25) is 5.10 Å². The molecule has 3 aromatic rings. The molecule has 0 saturated carbocycles. The molecule has 96 valence electrons. The summed E-state index contributed by atoms with van der Waals surface area (Å²) in [6, 6.07) is 7.73. The predicted octanol–water partition coefficient (Wildman–Crippen LogP) is 2.00. The van der Waals surface area contributed by atoms with Gasteiger partial charge in [-0.1, -0.05) is 12.1 Å². The Morgan fingerprint density at radius 1 is 1.32 bits per heavy atom. The number of hydrogen-bond acceptors (Lipinski definition) is 5. The predicted molar refractivity (Wildman–Crippen MR) is 72.7 cm³/mol. The lowest BCUT2D eigenvalue weighted by Crippen LogP contribution is -1.93. The zero-order valence-corrected chi connectivity index (χ0v) is 10.4. The van der Waals surface area contributed by atoms with E-state index in [2.05, 4.69) is 20.2 Å². The molecule has 0 aliphatic carbocycles. The Balaban J connectivity index is 2.16. The van der Waals surface area contributed by atoms with E-state index in [1.165, 1.54) is 6.33 Å². The van der Waals surface area contributed by atoms with Gasteiger partial charge in [-0.05, 0) is 19.1 Å². The van der Waals surface area contributed by atoms with Crippen LogP contribution in [-0.4, -0.2) is 26.8 Å². The molecule has 2 aromatic heterocycles. The van der Waals surface area contributed by atoms with Crippen LogP contribution in [0.4, 0.5) is 5.82 Å². The highest BCUT2D eigenvalue weighted by Crippen LogP contribution is 2.30. The minimum atomic E-state index is 0.413. The van der Waals surface area contributed by atoms with Crippen molar-refractivity contribution in [2.75, 3.05) is 12.3 Å². The van der Waals surface area contributed by atoms with Crippen LogP contribution in [0.25, 0.3) is 22.3 Å². The smallest absolute Gasteiger partial charge is 0.186 e. The summed E-state index contributed by atoms with van der Waals surface area (Å²) in [7, 11) is 0. The SMILES string of the molecule is CCOc1cccc(-c2[nH]nc3ncnc(N)c23)c1. The van der Waals surface area contributed by atoms with Gasteiger partial charge in [0.15, 0.2) is 5.65 Å². The molecule has 0 atom stereocenters. The standard InChI is InChI=1S/C13H13N5O/c1-2-19-9-5-3-4-8(6-9)11-10-12(14)15-7-16-13(10)18-17-11/h3-7H,2H2,1H3,(H3,14,15,16,17,18). The zero-order valence-electron chi connectivity index (χ0n) is 10.4. The van der Waals surface area contributed by atoms with Crippen molar-refractivity contribution in [3.05, 3.63) is 30.6 Å². The van der Waals surface area contributed by atoms with Crippen LogP contribution >= 0.6 is 0 Å². The quantitative estimate of drug-likeness (QED) is 0.747. The summed E-state index contributed by atoms with van der Waals surface area (Å²) in [5, 5.41) is 7.82. The fourth-order valence-corrected chi connectivity index (χ4v) is 2.00. The first-order chi connectivity index (χ1) is 9.29. The average molecular weight is 255 g/mol. The monoisotopic (exact) mass is 255 g/mol. The number of nitrogens with two attached hydrogens (primary N) is 1. The van der Waals surface area contributed by atoms with Gasteiger partial charge < -0.3 is 10.5 Å². The first-order valence-corrected chi connectivity index (χ1v) is 5.97. The normalized spacial score (nSPS) is 10.8. The van der Waals surface area contributed by atoms with Gasteiger partial charge in [0.1, 0.15) is 17.9 Å². The number of rotatable bonds is 3. The van der Waals surface area contributed by atoms with E-state index in [4.69, 9.17) is 10.5 Å². The second kappa shape index (κ2) is 4.56. The second-order valence-electron chi connectivity index (χ2n) is 4.02. The van der Waals surface area contributed by atoms with Gasteiger partial charge in [-0.2, -0.15) is 5.10 Å². The molecule has 0 unspecified atom stereocenters. The van der Waals surface area contributed by atoms with Crippen molar-refractivity contribution in [3.63, 3.8) is 0 Å². The molecule has 2 heterocycles. The molecule has 19 heavy (non-hydrogen) atoms. The molecule has 3 N–H and O–H groups in total. The number of ether oxygens (including phenoxy) is 1. The van der Waals surface area contributed by atoms with Gasteiger partial charge in [-0.15, -0.1) is 0 Å². The van der Waals surface area contributed by atoms with Crippen LogP contribution in [0.1, 0.15) is 6.92 Å². The second-order valence-corrected chi connectivity index (χ2v) is 4.02. The molecule has 6 heteroatoms. The van der Waals surface area contributed by atoms with Crippen LogP contribution in [0.5, 0.6) is 5.75 Å². The maximum atomic E-state index is 5.89. The van der Waals surface area contributed by atoms with Crippen LogP contribution in [-0.2, 0) is 0 Å². The third kappa shape index (κ3) is 1.97. The van der Waals surface area contributed by atoms with E-state index in [0.29, 0.717) is 18.1 Å². The minimum absolute atomic E-state index is 0.413. The van der Waals surface area contributed by atoms with Crippen LogP contribution < -0.4 is 10.5 Å². The Morgan fingerprint density at radius 3 is 3.05 bits per heavy atom. The van der Waals surface area contributed by atoms with Crippen molar-refractivity contribution in [3.8, 4) is 17.0 Å². The van der Waals surface area contributed by atoms with E-state index in [1.54, 1.807) is 0 Å². The van der Waals surface area contributed by atoms with Crippen molar-refractivity contribution >= 4 is 16.9 Å². The fourth-order valence-electron chi connectivity index (χ4n) is 2.00. The highest BCUT2D eigenvalue weighted by atomic mass is 16.5. The third-order valence-electron chi connectivity index (χ3n) is 2.81. The number of nitrogens with zero attached hydrogens (tertiary/aromatic N) is 3. The van der Waals surface area contributed by atoms with Crippen molar-refractivity contribution in [2.45, 2.75) is 6.92 Å². The first-order valence-electron chi connectivity index (χ1n) is 5.97. The van der Waals surface area contributed by atoms with Gasteiger partial charge in [0.25, 0.3) is 0 Å². The molecule has 0 amide bonds. The number of H-pyrrole nitrogens is 1. The lowest BCUT2D eigenvalue weighted by molar-refractivity contribution is 0.340. The molecule has 0 saturated heterocycles. The maximum absolute atomic E-state index is 5.89. The summed E-state index contributed by atoms with van der Waals surface area (Å²) >= 11 is 0. The summed E-state index contributed by atoms with van der Waals surface area (Å²) in [4.78, 5) is 8.08. The van der Waals surface area contributed by atoms with E-state index in [1.807, 2.05) is 31.2 Å². The topological polar surface area (TPSA) is 89.7 Å². The minimum Gasteiger partial charge on any atom is -0.494 e. The number of aromatic nitrogens is 4. The molecule has 3 rings (SSSR count). The summed E-state index contributed by atoms with van der Waals surface area (Å²) in [5.74, 6) is 1.22. The Hall–Kier alpha value is -2.63. The Bertz CT molecular complexity index is 722. The maximum Gasteiger partial charge on any atom is 0.186 e. The number of nitrogens with one attached hydrogen (secondary N) is 1. The number of benzene rings is 1. The molecule has 0 aliphatic heterocycles. The Labute approximate surface area is 109 Å². The highest BCUT2D eigenvalue weighted by Gasteiger charge is 2.12. The number of nitrogen functional groups attached to an aromatic ring is 1. The van der Waals surface area contributed by atoms with E-state index in [9.17, 15) is 0 Å². The number of aromatic amines is 1. The van der Waals surface area contributed by atoms with Gasteiger partial charge in [0.05, 0.1) is 17.7 Å². The van der Waals surface area contributed by atoms with Gasteiger partial charge in [-0.25, -0.2) is 9.97 Å². The van der Waals surface area contributed by atoms with Gasteiger partial charge in [0, 0.05) is 5.56 Å². The number of fused-ring (bicyclic) bond motifs is 1. The van der Waals surface area contributed by atoms with Gasteiger partial charge >= 0.3 is 0 Å². The van der Waals surface area contributed by atoms with E-state index in [-0.39, 0.29) is 0 Å². The third-order valence-corrected chi connectivity index (χ3v) is 2.81. The lowest BCUT2D eigenvalue weighted by Gasteiger charge is -2.05. The first kappa shape index (κ1) is 11.5. The molecular formula is C13H13N5O. The van der Waals surface area contributed by atoms with E-state index < -0.39 is 0 Å². The average Bonchev–Trinajstić information content (AvgIpc) is 2.85. The molecule has 0 radical (unpaired) electrons. The number of anilines is 1. The Kier molecular flexibility index (Phi) is 2.75. The van der Waals surface area contributed by atoms with E-state index in [0.717, 1.165) is 22.4 Å². The summed E-state index contributed by atoms with van der Waals surface area (Å²) in [6.45, 7) is 2.57. The lowest BCUT2D eigenvalue weighted by atomic mass is 10.1. The molecule has 6 nitrogen and oxygen atoms in total. The van der Waals surface area contributed by atoms with Crippen LogP contribution in [0.15, 0.2) is 30.6 Å². The molecule has 0 bridgehead atoms. The van der Waals surface area contributed by atoms with Crippen molar-refractivity contribution < 1.29 is 4.74 Å². The van der Waals surface area contributed by atoms with Gasteiger partial charge in [0.2, 0.25) is 0 Å². The fraction of sp³-hybridized carbons (Fsp3) is 0.154. The highest BCUT2D eigenvalue weighted by molar-refractivity contribution is 5.97. The van der Waals surface area contributed by atoms with E-state index >= 15 is 0 Å². The molecular weight excluding hydrogens is 242 g/mol. The van der Waals surface area contributed by atoms with Crippen molar-refractivity contribution in [1.82, 2.24) is 20.2 Å². The van der Waals surface area contributed by atoms with Crippen LogP contribution in [0.3, 0.4) is 0 Å².